The summed E-state index contributed by atoms with van der Waals surface area (Å²) >= 11 is 0. The van der Waals surface area contributed by atoms with Crippen molar-refractivity contribution in [3.05, 3.63) is 76.6 Å². The number of ether oxygens (including phenoxy) is 3. The predicted octanol–water partition coefficient (Wildman–Crippen LogP) is 4.04. The number of fused-ring (bicyclic) bond motifs is 1. The molecule has 0 aliphatic carbocycles. The summed E-state index contributed by atoms with van der Waals surface area (Å²) in [5, 5.41) is 3.27. The van der Waals surface area contributed by atoms with Crippen LogP contribution in [0.5, 0.6) is 17.2 Å². The van der Waals surface area contributed by atoms with Gasteiger partial charge in [0.15, 0.2) is 11.5 Å². The molecular formula is C26H25N3O5. The van der Waals surface area contributed by atoms with Gasteiger partial charge < -0.3 is 19.5 Å². The molecule has 0 unspecified atom stereocenters. The summed E-state index contributed by atoms with van der Waals surface area (Å²) in [7, 11) is 4.54. The summed E-state index contributed by atoms with van der Waals surface area (Å²) in [5.41, 5.74) is 2.41. The zero-order valence-electron chi connectivity index (χ0n) is 19.4. The first-order valence-electron chi connectivity index (χ1n) is 10.6. The van der Waals surface area contributed by atoms with Gasteiger partial charge in [0.2, 0.25) is 11.7 Å². The third kappa shape index (κ3) is 4.43. The first-order chi connectivity index (χ1) is 16.4. The van der Waals surface area contributed by atoms with Crippen molar-refractivity contribution in [3.8, 4) is 28.6 Å². The van der Waals surface area contributed by atoms with E-state index >= 15 is 0 Å². The molecule has 4 rings (SSSR count). The molecule has 1 amide bonds. The van der Waals surface area contributed by atoms with Crippen LogP contribution in [-0.4, -0.2) is 36.8 Å². The Morgan fingerprint density at radius 2 is 1.65 bits per heavy atom. The second-order valence-corrected chi connectivity index (χ2v) is 7.68. The van der Waals surface area contributed by atoms with E-state index in [4.69, 9.17) is 19.2 Å². The number of hydrogen-bond donors (Lipinski definition) is 1. The molecule has 0 atom stereocenters. The molecule has 0 fully saturated rings. The number of para-hydroxylation sites is 1. The number of methoxy groups -OCH3 is 3. The standard InChI is InChI=1S/C26H25N3O5/c1-16-8-7-9-18(12-16)27-23(30)15-29-25(28-20-11-6-5-10-19(20)26(29)31)17-13-21(32-2)24(34-4)22(14-17)33-3/h5-14H,15H2,1-4H3,(H,27,30). The molecule has 1 aromatic heterocycles. The molecule has 0 spiro atoms. The van der Waals surface area contributed by atoms with E-state index in [1.165, 1.54) is 25.9 Å². The fraction of sp³-hybridized carbons (Fsp3) is 0.192. The van der Waals surface area contributed by atoms with Gasteiger partial charge in [-0.2, -0.15) is 0 Å². The minimum atomic E-state index is -0.349. The fourth-order valence-corrected chi connectivity index (χ4v) is 3.81. The van der Waals surface area contributed by atoms with Gasteiger partial charge in [-0.05, 0) is 48.9 Å². The van der Waals surface area contributed by atoms with Crippen LogP contribution in [-0.2, 0) is 11.3 Å². The highest BCUT2D eigenvalue weighted by molar-refractivity contribution is 5.91. The van der Waals surface area contributed by atoms with E-state index in [-0.39, 0.29) is 18.0 Å². The number of carbonyl (C=O) groups excluding carboxylic acids is 1. The van der Waals surface area contributed by atoms with Gasteiger partial charge in [-0.25, -0.2) is 4.98 Å². The first-order valence-corrected chi connectivity index (χ1v) is 10.6. The van der Waals surface area contributed by atoms with Crippen molar-refractivity contribution in [3.63, 3.8) is 0 Å². The molecule has 0 radical (unpaired) electrons. The largest absolute Gasteiger partial charge is 0.493 e. The van der Waals surface area contributed by atoms with Crippen molar-refractivity contribution in [2.24, 2.45) is 0 Å². The lowest BCUT2D eigenvalue weighted by Crippen LogP contribution is -2.30. The molecule has 0 bridgehead atoms. The maximum Gasteiger partial charge on any atom is 0.262 e. The lowest BCUT2D eigenvalue weighted by atomic mass is 10.1. The van der Waals surface area contributed by atoms with Crippen LogP contribution in [0.25, 0.3) is 22.3 Å². The molecule has 0 aliphatic heterocycles. The Morgan fingerprint density at radius 1 is 0.941 bits per heavy atom. The van der Waals surface area contributed by atoms with Crippen molar-refractivity contribution in [2.75, 3.05) is 26.6 Å². The normalized spacial score (nSPS) is 10.7. The van der Waals surface area contributed by atoms with Gasteiger partial charge >= 0.3 is 0 Å². The number of nitrogens with zero attached hydrogens (tertiary/aromatic N) is 2. The van der Waals surface area contributed by atoms with E-state index < -0.39 is 0 Å². The van der Waals surface area contributed by atoms with Gasteiger partial charge in [-0.3, -0.25) is 14.2 Å². The van der Waals surface area contributed by atoms with Crippen molar-refractivity contribution in [1.82, 2.24) is 9.55 Å². The van der Waals surface area contributed by atoms with E-state index in [0.717, 1.165) is 5.56 Å². The van der Waals surface area contributed by atoms with Crippen molar-refractivity contribution < 1.29 is 19.0 Å². The molecule has 1 heterocycles. The van der Waals surface area contributed by atoms with Crippen LogP contribution in [0.1, 0.15) is 5.56 Å². The Morgan fingerprint density at radius 3 is 2.29 bits per heavy atom. The minimum Gasteiger partial charge on any atom is -0.493 e. The second kappa shape index (κ2) is 9.66. The molecule has 0 aliphatic rings. The first kappa shape index (κ1) is 22.8. The second-order valence-electron chi connectivity index (χ2n) is 7.68. The average molecular weight is 460 g/mol. The van der Waals surface area contributed by atoms with Gasteiger partial charge in [-0.1, -0.05) is 24.3 Å². The number of aryl methyl sites for hydroxylation is 1. The highest BCUT2D eigenvalue weighted by Crippen LogP contribution is 2.40. The summed E-state index contributed by atoms with van der Waals surface area (Å²) in [4.78, 5) is 31.1. The number of nitrogens with one attached hydrogen (secondary N) is 1. The Hall–Kier alpha value is -4.33. The molecule has 8 nitrogen and oxygen atoms in total. The van der Waals surface area contributed by atoms with Crippen molar-refractivity contribution in [2.45, 2.75) is 13.5 Å². The molecule has 0 saturated heterocycles. The van der Waals surface area contributed by atoms with Crippen LogP contribution < -0.4 is 25.1 Å². The molecule has 1 N–H and O–H groups in total. The Kier molecular flexibility index (Phi) is 6.49. The molecule has 3 aromatic carbocycles. The van der Waals surface area contributed by atoms with Crippen molar-refractivity contribution >= 4 is 22.5 Å². The number of rotatable bonds is 7. The van der Waals surface area contributed by atoms with Crippen LogP contribution in [0.15, 0.2) is 65.5 Å². The van der Waals surface area contributed by atoms with E-state index in [2.05, 4.69) is 5.32 Å². The number of benzene rings is 3. The zero-order chi connectivity index (χ0) is 24.2. The van der Waals surface area contributed by atoms with Crippen LogP contribution in [0.3, 0.4) is 0 Å². The predicted molar refractivity (Wildman–Crippen MR) is 131 cm³/mol. The topological polar surface area (TPSA) is 91.7 Å². The number of anilines is 1. The van der Waals surface area contributed by atoms with E-state index in [0.29, 0.717) is 45.2 Å². The molecule has 174 valence electrons. The van der Waals surface area contributed by atoms with E-state index in [1.54, 1.807) is 36.4 Å². The third-order valence-electron chi connectivity index (χ3n) is 5.39. The Labute approximate surface area is 196 Å². The number of carbonyl (C=O) groups is 1. The smallest absolute Gasteiger partial charge is 0.262 e. The highest BCUT2D eigenvalue weighted by atomic mass is 16.5. The lowest BCUT2D eigenvalue weighted by molar-refractivity contribution is -0.116. The fourth-order valence-electron chi connectivity index (χ4n) is 3.81. The van der Waals surface area contributed by atoms with E-state index in [9.17, 15) is 9.59 Å². The number of aromatic nitrogens is 2. The molecule has 0 saturated carbocycles. The Bertz CT molecular complexity index is 1400. The van der Waals surface area contributed by atoms with Gasteiger partial charge in [-0.15, -0.1) is 0 Å². The summed E-state index contributed by atoms with van der Waals surface area (Å²) in [6.07, 6.45) is 0. The quantitative estimate of drug-likeness (QED) is 0.449. The van der Waals surface area contributed by atoms with Gasteiger partial charge in [0.05, 0.1) is 32.2 Å². The molecular weight excluding hydrogens is 434 g/mol. The molecule has 8 heteroatoms. The van der Waals surface area contributed by atoms with Crippen LogP contribution in [0.2, 0.25) is 0 Å². The van der Waals surface area contributed by atoms with E-state index in [1.807, 2.05) is 31.2 Å². The highest BCUT2D eigenvalue weighted by Gasteiger charge is 2.20. The maximum absolute atomic E-state index is 13.5. The lowest BCUT2D eigenvalue weighted by Gasteiger charge is -2.17. The van der Waals surface area contributed by atoms with Gasteiger partial charge in [0.25, 0.3) is 5.56 Å². The zero-order valence-corrected chi connectivity index (χ0v) is 19.4. The van der Waals surface area contributed by atoms with Crippen LogP contribution in [0.4, 0.5) is 5.69 Å². The maximum atomic E-state index is 13.5. The summed E-state index contributed by atoms with van der Waals surface area (Å²) in [6, 6.07) is 17.9. The van der Waals surface area contributed by atoms with Gasteiger partial charge in [0.1, 0.15) is 12.4 Å². The van der Waals surface area contributed by atoms with Gasteiger partial charge in [0, 0.05) is 11.3 Å². The van der Waals surface area contributed by atoms with Crippen LogP contribution in [0, 0.1) is 6.92 Å². The van der Waals surface area contributed by atoms with Crippen LogP contribution >= 0.6 is 0 Å². The minimum absolute atomic E-state index is 0.226. The molecule has 4 aromatic rings. The average Bonchev–Trinajstić information content (AvgIpc) is 2.84. The molecule has 34 heavy (non-hydrogen) atoms. The number of hydrogen-bond acceptors (Lipinski definition) is 6. The SMILES string of the molecule is COc1cc(-c2nc3ccccc3c(=O)n2CC(=O)Nc2cccc(C)c2)cc(OC)c1OC. The summed E-state index contributed by atoms with van der Waals surface area (Å²) in [6.45, 7) is 1.71. The number of amides is 1. The summed E-state index contributed by atoms with van der Waals surface area (Å²) in [5.74, 6) is 1.20. The monoisotopic (exact) mass is 459 g/mol. The Balaban J connectivity index is 1.86. The summed E-state index contributed by atoms with van der Waals surface area (Å²) < 4.78 is 17.7. The third-order valence-corrected chi connectivity index (χ3v) is 5.39. The van der Waals surface area contributed by atoms with Crippen molar-refractivity contribution in [1.29, 1.82) is 0 Å².